The molecule has 0 aliphatic rings. The third kappa shape index (κ3) is 4.09. The molecule has 0 unspecified atom stereocenters. The van der Waals surface area contributed by atoms with Gasteiger partial charge >= 0.3 is 0 Å². The van der Waals surface area contributed by atoms with E-state index in [9.17, 15) is 18.3 Å². The number of nitrogens with one attached hydrogen (secondary N) is 2. The van der Waals surface area contributed by atoms with Gasteiger partial charge in [-0.25, -0.2) is 8.42 Å². The van der Waals surface area contributed by atoms with Crippen LogP contribution in [0.5, 0.6) is 5.75 Å². The number of amides is 1. The van der Waals surface area contributed by atoms with Gasteiger partial charge in [0.15, 0.2) is 0 Å². The van der Waals surface area contributed by atoms with Crippen molar-refractivity contribution in [2.45, 2.75) is 16.7 Å². The lowest BCUT2D eigenvalue weighted by Crippen LogP contribution is -2.29. The molecule has 0 heterocycles. The van der Waals surface area contributed by atoms with E-state index in [1.54, 1.807) is 48.5 Å². The van der Waals surface area contributed by atoms with E-state index in [0.717, 1.165) is 5.56 Å². The van der Waals surface area contributed by atoms with Gasteiger partial charge in [-0.05, 0) is 55.5 Å². The number of phenols is 1. The maximum absolute atomic E-state index is 12.6. The fourth-order valence-corrected chi connectivity index (χ4v) is 3.69. The smallest absolute Gasteiger partial charge is 0.273 e. The monoisotopic (exact) mass is 382 g/mol. The van der Waals surface area contributed by atoms with E-state index in [-0.39, 0.29) is 21.1 Å². The molecule has 0 aliphatic heterocycles. The highest BCUT2D eigenvalue weighted by Crippen LogP contribution is 2.22. The summed E-state index contributed by atoms with van der Waals surface area (Å²) in [6.45, 7) is 1.89. The number of benzene rings is 3. The minimum absolute atomic E-state index is 0.128. The molecule has 6 nitrogen and oxygen atoms in total. The first-order chi connectivity index (χ1) is 12.9. The van der Waals surface area contributed by atoms with Gasteiger partial charge in [0.1, 0.15) is 5.75 Å². The lowest BCUT2D eigenvalue weighted by molar-refractivity contribution is 0.0960. The van der Waals surface area contributed by atoms with Gasteiger partial charge in [0.05, 0.1) is 21.0 Å². The van der Waals surface area contributed by atoms with Crippen molar-refractivity contribution in [2.75, 3.05) is 5.43 Å². The molecule has 0 saturated heterocycles. The molecule has 0 radical (unpaired) electrons. The minimum atomic E-state index is -3.60. The second-order valence-electron chi connectivity index (χ2n) is 5.94. The number of carbonyl (C=O) groups is 1. The number of para-hydroxylation sites is 1. The zero-order valence-electron chi connectivity index (χ0n) is 14.5. The van der Waals surface area contributed by atoms with Gasteiger partial charge in [0.2, 0.25) is 9.84 Å². The Morgan fingerprint density at radius 2 is 1.41 bits per heavy atom. The Balaban J connectivity index is 1.71. The highest BCUT2D eigenvalue weighted by atomic mass is 32.2. The third-order valence-electron chi connectivity index (χ3n) is 3.96. The van der Waals surface area contributed by atoms with E-state index in [4.69, 9.17) is 0 Å². The summed E-state index contributed by atoms with van der Waals surface area (Å²) in [6.07, 6.45) is 0. The van der Waals surface area contributed by atoms with E-state index < -0.39 is 15.7 Å². The van der Waals surface area contributed by atoms with Crippen LogP contribution in [0.1, 0.15) is 15.9 Å². The molecule has 1 amide bonds. The van der Waals surface area contributed by atoms with Crippen LogP contribution < -0.4 is 10.9 Å². The summed E-state index contributed by atoms with van der Waals surface area (Å²) in [4.78, 5) is 12.4. The van der Waals surface area contributed by atoms with Crippen molar-refractivity contribution in [1.29, 1.82) is 0 Å². The Labute approximate surface area is 157 Å². The highest BCUT2D eigenvalue weighted by Gasteiger charge is 2.17. The fourth-order valence-electron chi connectivity index (χ4n) is 2.43. The number of aromatic hydroxyl groups is 1. The van der Waals surface area contributed by atoms with E-state index in [2.05, 4.69) is 10.9 Å². The average Bonchev–Trinajstić information content (AvgIpc) is 2.67. The fraction of sp³-hybridized carbons (Fsp3) is 0.0500. The first kappa shape index (κ1) is 18.5. The van der Waals surface area contributed by atoms with Crippen LogP contribution in [0.3, 0.4) is 0 Å². The van der Waals surface area contributed by atoms with Crippen LogP contribution in [0.25, 0.3) is 0 Å². The number of rotatable bonds is 5. The summed E-state index contributed by atoms with van der Waals surface area (Å²) in [6, 6.07) is 18.8. The summed E-state index contributed by atoms with van der Waals surface area (Å²) >= 11 is 0. The first-order valence-corrected chi connectivity index (χ1v) is 9.62. The first-order valence-electron chi connectivity index (χ1n) is 8.14. The van der Waals surface area contributed by atoms with Crippen molar-refractivity contribution in [3.05, 3.63) is 83.9 Å². The molecule has 0 spiro atoms. The second kappa shape index (κ2) is 7.51. The number of hydrazine groups is 1. The van der Waals surface area contributed by atoms with Crippen molar-refractivity contribution in [3.63, 3.8) is 0 Å². The third-order valence-corrected chi connectivity index (χ3v) is 5.75. The number of phenolic OH excluding ortho intramolecular Hbond substituents is 1. The second-order valence-corrected chi connectivity index (χ2v) is 7.89. The van der Waals surface area contributed by atoms with Crippen LogP contribution in [-0.2, 0) is 9.84 Å². The van der Waals surface area contributed by atoms with Crippen molar-refractivity contribution in [1.82, 2.24) is 5.43 Å². The minimum Gasteiger partial charge on any atom is -0.507 e. The van der Waals surface area contributed by atoms with Crippen molar-refractivity contribution < 1.29 is 18.3 Å². The lowest BCUT2D eigenvalue weighted by Gasteiger charge is -2.10. The van der Waals surface area contributed by atoms with Gasteiger partial charge in [0, 0.05) is 0 Å². The van der Waals surface area contributed by atoms with E-state index >= 15 is 0 Å². The molecule has 0 bridgehead atoms. The van der Waals surface area contributed by atoms with Crippen molar-refractivity contribution in [3.8, 4) is 5.75 Å². The Morgan fingerprint density at radius 3 is 2.00 bits per heavy atom. The van der Waals surface area contributed by atoms with Crippen molar-refractivity contribution in [2.24, 2.45) is 0 Å². The van der Waals surface area contributed by atoms with E-state index in [1.165, 1.54) is 24.3 Å². The van der Waals surface area contributed by atoms with E-state index in [1.807, 2.05) is 6.92 Å². The summed E-state index contributed by atoms with van der Waals surface area (Å²) in [7, 11) is -3.60. The topological polar surface area (TPSA) is 95.5 Å². The molecule has 3 N–H and O–H groups in total. The Bertz CT molecular complexity index is 1060. The van der Waals surface area contributed by atoms with Gasteiger partial charge in [-0.3, -0.25) is 15.6 Å². The summed E-state index contributed by atoms with van der Waals surface area (Å²) in [5.41, 5.74) is 6.75. The maximum Gasteiger partial charge on any atom is 0.273 e. The molecule has 3 aromatic carbocycles. The van der Waals surface area contributed by atoms with Crippen LogP contribution in [0.15, 0.2) is 82.6 Å². The predicted octanol–water partition coefficient (Wildman–Crippen LogP) is 3.29. The lowest BCUT2D eigenvalue weighted by atomic mass is 10.2. The molecule has 27 heavy (non-hydrogen) atoms. The average molecular weight is 382 g/mol. The Kier molecular flexibility index (Phi) is 5.14. The largest absolute Gasteiger partial charge is 0.507 e. The van der Waals surface area contributed by atoms with Gasteiger partial charge < -0.3 is 5.11 Å². The normalized spacial score (nSPS) is 11.0. The molecule has 3 aromatic rings. The van der Waals surface area contributed by atoms with Crippen LogP contribution in [0, 0.1) is 6.92 Å². The number of anilines is 1. The van der Waals surface area contributed by atoms with Crippen LogP contribution in [-0.4, -0.2) is 19.4 Å². The van der Waals surface area contributed by atoms with E-state index in [0.29, 0.717) is 5.69 Å². The molecule has 3 rings (SSSR count). The summed E-state index contributed by atoms with van der Waals surface area (Å²) in [5.74, 6) is -0.638. The molecule has 0 aromatic heterocycles. The van der Waals surface area contributed by atoms with Gasteiger partial charge in [-0.15, -0.1) is 0 Å². The number of aryl methyl sites for hydroxylation is 1. The summed E-state index contributed by atoms with van der Waals surface area (Å²) < 4.78 is 25.3. The number of sulfone groups is 1. The standard InChI is InChI=1S/C20H18N2O4S/c1-14-6-10-16(11-7-14)27(25,26)17-12-8-15(9-13-17)21-22-20(24)18-4-2-3-5-19(18)23/h2-13,21,23H,1H3,(H,22,24). The predicted molar refractivity (Wildman–Crippen MR) is 102 cm³/mol. The molecule has 0 saturated carbocycles. The molecular formula is C20H18N2O4S. The molecule has 0 atom stereocenters. The summed E-state index contributed by atoms with van der Waals surface area (Å²) in [5, 5.41) is 9.67. The Morgan fingerprint density at radius 1 is 0.852 bits per heavy atom. The Hall–Kier alpha value is -3.32. The van der Waals surface area contributed by atoms with Crippen molar-refractivity contribution >= 4 is 21.4 Å². The van der Waals surface area contributed by atoms with Gasteiger partial charge in [0.25, 0.3) is 5.91 Å². The molecule has 0 fully saturated rings. The molecule has 0 aliphatic carbocycles. The zero-order valence-corrected chi connectivity index (χ0v) is 15.3. The number of hydrogen-bond donors (Lipinski definition) is 3. The number of carbonyl (C=O) groups excluding carboxylic acids is 1. The number of hydrogen-bond acceptors (Lipinski definition) is 5. The van der Waals surface area contributed by atoms with Gasteiger partial charge in [-0.2, -0.15) is 0 Å². The SMILES string of the molecule is Cc1ccc(S(=O)(=O)c2ccc(NNC(=O)c3ccccc3O)cc2)cc1. The van der Waals surface area contributed by atoms with Crippen LogP contribution >= 0.6 is 0 Å². The molecule has 7 heteroatoms. The maximum atomic E-state index is 12.6. The van der Waals surface area contributed by atoms with Crippen LogP contribution in [0.4, 0.5) is 5.69 Å². The highest BCUT2D eigenvalue weighted by molar-refractivity contribution is 7.91. The van der Waals surface area contributed by atoms with Gasteiger partial charge in [-0.1, -0.05) is 29.8 Å². The molecule has 138 valence electrons. The molecular weight excluding hydrogens is 364 g/mol. The van der Waals surface area contributed by atoms with Crippen LogP contribution in [0.2, 0.25) is 0 Å². The zero-order chi connectivity index (χ0) is 19.4. The quantitative estimate of drug-likeness (QED) is 0.589.